The van der Waals surface area contributed by atoms with Crippen molar-refractivity contribution in [3.63, 3.8) is 0 Å². The molecule has 2 aliphatic heterocycles. The van der Waals surface area contributed by atoms with Crippen molar-refractivity contribution >= 4 is 79.7 Å². The summed E-state index contributed by atoms with van der Waals surface area (Å²) < 4.78 is 8.42. The lowest BCUT2D eigenvalue weighted by Crippen LogP contribution is -2.48. The van der Waals surface area contributed by atoms with Gasteiger partial charge in [0.05, 0.1) is 23.8 Å². The Balaban J connectivity index is 0.000000197. The smallest absolute Gasteiger partial charge is 0.271 e. The van der Waals surface area contributed by atoms with E-state index in [1.807, 2.05) is 30.9 Å². The molecule has 288 valence electrons. The number of nitrogens with one attached hydrogen (secondary N) is 3. The van der Waals surface area contributed by atoms with Gasteiger partial charge in [-0.1, -0.05) is 0 Å². The zero-order valence-electron chi connectivity index (χ0n) is 30.4. The quantitative estimate of drug-likeness (QED) is 0.100. The molecular formula is C35H43N15O3S2. The molecule has 5 aromatic rings. The minimum Gasteiger partial charge on any atom is -0.399 e. The Bertz CT molecular complexity index is 2140. The lowest BCUT2D eigenvalue weighted by Gasteiger charge is -2.34. The van der Waals surface area contributed by atoms with Gasteiger partial charge < -0.3 is 48.7 Å². The van der Waals surface area contributed by atoms with Gasteiger partial charge >= 0.3 is 0 Å². The first-order valence-corrected chi connectivity index (χ1v) is 19.1. The molecular weight excluding hydrogens is 743 g/mol. The average Bonchev–Trinajstić information content (AvgIpc) is 3.78. The number of aromatic nitrogens is 6. The van der Waals surface area contributed by atoms with Gasteiger partial charge in [-0.25, -0.2) is 19.9 Å². The zero-order chi connectivity index (χ0) is 39.1. The van der Waals surface area contributed by atoms with E-state index < -0.39 is 11.8 Å². The molecule has 0 radical (unpaired) electrons. The van der Waals surface area contributed by atoms with E-state index in [1.54, 1.807) is 30.5 Å². The molecule has 2 aliphatic rings. The van der Waals surface area contributed by atoms with Crippen molar-refractivity contribution in [3.8, 4) is 0 Å². The number of nitrogen functional groups attached to an aromatic ring is 1. The maximum absolute atomic E-state index is 12.6. The summed E-state index contributed by atoms with van der Waals surface area (Å²) >= 11 is 2.55. The Morgan fingerprint density at radius 1 is 0.764 bits per heavy atom. The van der Waals surface area contributed by atoms with Crippen molar-refractivity contribution in [2.75, 3.05) is 52.3 Å². The number of hydrogen-bond acceptors (Lipinski definition) is 17. The highest BCUT2D eigenvalue weighted by Crippen LogP contribution is 2.27. The summed E-state index contributed by atoms with van der Waals surface area (Å²) in [7, 11) is 0. The number of rotatable bonds is 10. The molecule has 0 unspecified atom stereocenters. The second-order valence-electron chi connectivity index (χ2n) is 13.2. The molecule has 55 heavy (non-hydrogen) atoms. The molecule has 11 N–H and O–H groups in total. The number of nitrogens with two attached hydrogens (primary N) is 4. The molecule has 0 spiro atoms. The molecule has 0 saturated carbocycles. The maximum Gasteiger partial charge on any atom is 0.271 e. The third kappa shape index (κ3) is 10.2. The number of piperidine rings is 2. The van der Waals surface area contributed by atoms with Gasteiger partial charge in [-0.3, -0.25) is 14.4 Å². The summed E-state index contributed by atoms with van der Waals surface area (Å²) in [6.07, 6.45) is 6.86. The van der Waals surface area contributed by atoms with Crippen LogP contribution in [0.4, 0.5) is 39.0 Å². The SMILES string of the molecule is Cc1cc(Nc2nc(N3CCC[C@@H](N)C3)cnc2C(N)=O)sn1.Cc1cc(Nc2nc(N3CCC[C@@H](NC(=O)c4ccc(N)cc4)C3)cnc2C(N)=O)sn1. The van der Waals surface area contributed by atoms with Gasteiger partial charge in [-0.15, -0.1) is 0 Å². The summed E-state index contributed by atoms with van der Waals surface area (Å²) in [5.74, 6) is 0.488. The number of benzene rings is 1. The molecule has 0 bridgehead atoms. The Morgan fingerprint density at radius 3 is 1.75 bits per heavy atom. The van der Waals surface area contributed by atoms with Crippen LogP contribution >= 0.6 is 23.1 Å². The van der Waals surface area contributed by atoms with Gasteiger partial charge in [0.25, 0.3) is 17.7 Å². The van der Waals surface area contributed by atoms with Crippen molar-refractivity contribution in [1.29, 1.82) is 0 Å². The van der Waals surface area contributed by atoms with Crippen LogP contribution in [0.1, 0.15) is 68.4 Å². The van der Waals surface area contributed by atoms with Crippen LogP contribution in [0.25, 0.3) is 0 Å². The highest BCUT2D eigenvalue weighted by Gasteiger charge is 2.25. The van der Waals surface area contributed by atoms with Crippen molar-refractivity contribution in [2.24, 2.45) is 17.2 Å². The predicted octanol–water partition coefficient (Wildman–Crippen LogP) is 3.08. The van der Waals surface area contributed by atoms with Gasteiger partial charge in [-0.05, 0) is 99.0 Å². The summed E-state index contributed by atoms with van der Waals surface area (Å²) in [6.45, 7) is 6.71. The van der Waals surface area contributed by atoms with E-state index in [-0.39, 0.29) is 35.2 Å². The minimum absolute atomic E-state index is 0.0491. The maximum atomic E-state index is 12.6. The van der Waals surface area contributed by atoms with Crippen molar-refractivity contribution in [1.82, 2.24) is 34.0 Å². The Morgan fingerprint density at radius 2 is 1.27 bits per heavy atom. The van der Waals surface area contributed by atoms with Crippen LogP contribution in [0.2, 0.25) is 0 Å². The molecule has 20 heteroatoms. The van der Waals surface area contributed by atoms with E-state index in [2.05, 4.69) is 49.5 Å². The molecule has 7 rings (SSSR count). The summed E-state index contributed by atoms with van der Waals surface area (Å²) in [6, 6.07) is 10.6. The second-order valence-corrected chi connectivity index (χ2v) is 14.8. The van der Waals surface area contributed by atoms with Crippen molar-refractivity contribution < 1.29 is 14.4 Å². The van der Waals surface area contributed by atoms with Crippen LogP contribution in [0, 0.1) is 13.8 Å². The van der Waals surface area contributed by atoms with Gasteiger partial charge in [-0.2, -0.15) is 8.75 Å². The highest BCUT2D eigenvalue weighted by molar-refractivity contribution is 7.10. The number of carbonyl (C=O) groups excluding carboxylic acids is 3. The Hall–Kier alpha value is -5.99. The summed E-state index contributed by atoms with van der Waals surface area (Å²) in [5.41, 5.74) is 25.7. The first-order chi connectivity index (χ1) is 26.4. The van der Waals surface area contributed by atoms with E-state index in [9.17, 15) is 14.4 Å². The molecule has 6 heterocycles. The van der Waals surface area contributed by atoms with Crippen LogP contribution in [-0.4, -0.2) is 84.7 Å². The number of primary amides is 2. The first-order valence-electron chi connectivity index (χ1n) is 17.6. The summed E-state index contributed by atoms with van der Waals surface area (Å²) in [4.78, 5) is 57.7. The molecule has 3 amide bonds. The van der Waals surface area contributed by atoms with E-state index in [0.29, 0.717) is 35.2 Å². The fourth-order valence-electron chi connectivity index (χ4n) is 6.10. The highest BCUT2D eigenvalue weighted by atomic mass is 32.1. The molecule has 2 saturated heterocycles. The molecule has 0 aliphatic carbocycles. The van der Waals surface area contributed by atoms with Crippen LogP contribution in [-0.2, 0) is 0 Å². The molecule has 4 aromatic heterocycles. The number of hydrogen-bond donors (Lipinski definition) is 7. The van der Waals surface area contributed by atoms with E-state index in [0.717, 1.165) is 66.7 Å². The minimum atomic E-state index is -0.667. The molecule has 2 fully saturated rings. The second kappa shape index (κ2) is 17.4. The van der Waals surface area contributed by atoms with E-state index in [1.165, 1.54) is 29.3 Å². The van der Waals surface area contributed by atoms with Gasteiger partial charge in [0.1, 0.15) is 21.6 Å². The van der Waals surface area contributed by atoms with Crippen LogP contribution < -0.4 is 48.7 Å². The Kier molecular flexibility index (Phi) is 12.3. The number of carbonyl (C=O) groups is 3. The number of amides is 3. The fourth-order valence-corrected chi connectivity index (χ4v) is 7.42. The van der Waals surface area contributed by atoms with E-state index in [4.69, 9.17) is 22.9 Å². The molecule has 2 atom stereocenters. The van der Waals surface area contributed by atoms with Gasteiger partial charge in [0.15, 0.2) is 23.0 Å². The average molecular weight is 786 g/mol. The summed E-state index contributed by atoms with van der Waals surface area (Å²) in [5, 5.41) is 10.8. The van der Waals surface area contributed by atoms with Gasteiger partial charge in [0.2, 0.25) is 0 Å². The number of aryl methyl sites for hydroxylation is 2. The van der Waals surface area contributed by atoms with Crippen LogP contribution in [0.15, 0.2) is 48.8 Å². The van der Waals surface area contributed by atoms with Crippen LogP contribution in [0.5, 0.6) is 0 Å². The predicted molar refractivity (Wildman–Crippen MR) is 214 cm³/mol. The number of nitrogens with zero attached hydrogens (tertiary/aromatic N) is 8. The fraction of sp³-hybridized carbons (Fsp3) is 0.343. The van der Waals surface area contributed by atoms with Crippen molar-refractivity contribution in [2.45, 2.75) is 51.6 Å². The first kappa shape index (κ1) is 38.7. The number of anilines is 7. The standard InChI is InChI=1S/C21H24N8O2S.C14H19N7OS/c1-12-9-17(32-28-12)27-20-18(19(23)30)24-10-16(26-20)29-8-2-3-15(11-29)25-21(31)13-4-6-14(22)7-5-13;1-8-5-11(23-20-8)19-14-12(13(16)22)17-6-10(18-14)21-4-2-3-9(15)7-21/h4-7,9-10,15H,2-3,8,11,22H2,1H3,(H2,23,30)(H,25,31)(H,26,27);5-6,9H,2-4,7,15H2,1H3,(H2,16,22)(H,18,19)/t15-;9-/m11/s1. The normalized spacial score (nSPS) is 16.8. The molecule has 18 nitrogen and oxygen atoms in total. The zero-order valence-corrected chi connectivity index (χ0v) is 32.0. The van der Waals surface area contributed by atoms with E-state index >= 15 is 0 Å². The van der Waals surface area contributed by atoms with Crippen LogP contribution in [0.3, 0.4) is 0 Å². The van der Waals surface area contributed by atoms with Crippen molar-refractivity contribution in [3.05, 3.63) is 77.1 Å². The largest absolute Gasteiger partial charge is 0.399 e. The third-order valence-electron chi connectivity index (χ3n) is 8.76. The topological polar surface area (TPSA) is 275 Å². The Labute approximate surface area is 325 Å². The monoisotopic (exact) mass is 785 g/mol. The lowest BCUT2D eigenvalue weighted by atomic mass is 10.0. The third-order valence-corrected chi connectivity index (χ3v) is 10.4. The molecule has 1 aromatic carbocycles. The van der Waals surface area contributed by atoms with Gasteiger partial charge in [0, 0.05) is 49.5 Å². The lowest BCUT2D eigenvalue weighted by molar-refractivity contribution is 0.0931.